The summed E-state index contributed by atoms with van der Waals surface area (Å²) in [5, 5.41) is 19.6. The fourth-order valence-corrected chi connectivity index (χ4v) is 11.0. The molecule has 444 valence electrons. The highest BCUT2D eigenvalue weighted by atomic mass is 35.5. The number of aromatic nitrogens is 8. The highest BCUT2D eigenvalue weighted by molar-refractivity contribution is 7.16. The van der Waals surface area contributed by atoms with E-state index in [1.165, 1.54) is 41.4 Å². The van der Waals surface area contributed by atoms with Gasteiger partial charge in [-0.25, -0.2) is 29.9 Å². The Bertz CT molecular complexity index is 4610. The van der Waals surface area contributed by atoms with Crippen LogP contribution in [-0.4, -0.2) is 61.3 Å². The summed E-state index contributed by atoms with van der Waals surface area (Å²) < 4.78 is 3.55. The number of fused-ring (bicyclic) bond motifs is 4. The minimum Gasteiger partial charge on any atom is -0.481 e. The van der Waals surface area contributed by atoms with E-state index < -0.39 is 11.2 Å². The fourth-order valence-electron chi connectivity index (χ4n) is 9.70. The van der Waals surface area contributed by atoms with Crippen molar-refractivity contribution in [2.24, 2.45) is 5.73 Å². The molecule has 0 spiro atoms. The number of para-hydroxylation sites is 2. The molecule has 21 heteroatoms. The number of aliphatic carboxylic acids is 1. The van der Waals surface area contributed by atoms with E-state index in [2.05, 4.69) is 71.1 Å². The molecule has 0 saturated heterocycles. The molecule has 0 aliphatic heterocycles. The topological polar surface area (TPSA) is 255 Å². The largest absolute Gasteiger partial charge is 0.481 e. The first-order valence-electron chi connectivity index (χ1n) is 27.1. The summed E-state index contributed by atoms with van der Waals surface area (Å²) in [6.45, 7) is 12.5. The van der Waals surface area contributed by atoms with Crippen LogP contribution in [0.1, 0.15) is 62.8 Å². The maximum Gasteiger partial charge on any atom is 0.300 e. The lowest BCUT2D eigenvalue weighted by Crippen LogP contribution is -2.26. The van der Waals surface area contributed by atoms with Gasteiger partial charge in [0.1, 0.15) is 33.3 Å². The third-order valence-corrected chi connectivity index (χ3v) is 15.2. The van der Waals surface area contributed by atoms with E-state index in [1.807, 2.05) is 159 Å². The number of nitrogens with one attached hydrogen (secondary N) is 3. The van der Waals surface area contributed by atoms with Crippen molar-refractivity contribution < 1.29 is 19.5 Å². The summed E-state index contributed by atoms with van der Waals surface area (Å²) in [5.41, 5.74) is 19.3. The molecule has 0 fully saturated rings. The lowest BCUT2D eigenvalue weighted by molar-refractivity contribution is -0.134. The number of allylic oxidation sites excluding steroid dienone is 1. The molecule has 0 bridgehead atoms. The molecule has 6 heterocycles. The van der Waals surface area contributed by atoms with Crippen molar-refractivity contribution in [3.8, 4) is 33.6 Å². The predicted molar refractivity (Wildman–Crippen MR) is 355 cm³/mol. The second-order valence-corrected chi connectivity index (χ2v) is 21.4. The number of hydrogen-bond donors (Lipinski definition) is 5. The highest BCUT2D eigenvalue weighted by Gasteiger charge is 2.23. The molecular formula is C67H61ClN12O6S2. The second-order valence-electron chi connectivity index (χ2n) is 19.4. The highest BCUT2D eigenvalue weighted by Crippen LogP contribution is 2.34. The molecule has 6 aromatic heterocycles. The minimum atomic E-state index is -0.833. The minimum absolute atomic E-state index is 0. The second kappa shape index (κ2) is 29.6. The summed E-state index contributed by atoms with van der Waals surface area (Å²) in [6, 6.07) is 50.7. The zero-order valence-corrected chi connectivity index (χ0v) is 49.7. The van der Waals surface area contributed by atoms with E-state index >= 15 is 0 Å². The van der Waals surface area contributed by atoms with Crippen molar-refractivity contribution in [2.45, 2.75) is 53.4 Å². The number of nitrogens with zero attached hydrogens (tertiary/aromatic N) is 8. The van der Waals surface area contributed by atoms with E-state index in [0.29, 0.717) is 41.0 Å². The summed E-state index contributed by atoms with van der Waals surface area (Å²) >= 11 is 7.62. The zero-order valence-electron chi connectivity index (χ0n) is 47.3. The molecular weight excluding hydrogens is 1170 g/mol. The Balaban J connectivity index is 0.000000199. The monoisotopic (exact) mass is 1230 g/mol. The molecule has 6 aromatic carbocycles. The third kappa shape index (κ3) is 14.8. The van der Waals surface area contributed by atoms with Crippen LogP contribution in [-0.2, 0) is 27.5 Å². The molecule has 2 atom stereocenters. The van der Waals surface area contributed by atoms with Crippen LogP contribution in [0.25, 0.3) is 75.9 Å². The summed E-state index contributed by atoms with van der Waals surface area (Å²) in [7, 11) is 0. The van der Waals surface area contributed by atoms with Crippen molar-refractivity contribution >= 4 is 105 Å². The van der Waals surface area contributed by atoms with Crippen LogP contribution in [0.5, 0.6) is 0 Å². The molecule has 0 unspecified atom stereocenters. The number of amides is 1. The molecule has 6 N–H and O–H groups in total. The van der Waals surface area contributed by atoms with Crippen molar-refractivity contribution in [2.75, 3.05) is 10.6 Å². The number of nitrogens with two attached hydrogens (primary N) is 1. The van der Waals surface area contributed by atoms with Crippen LogP contribution in [0.3, 0.4) is 0 Å². The van der Waals surface area contributed by atoms with Gasteiger partial charge in [-0.3, -0.25) is 33.1 Å². The normalized spacial score (nSPS) is 11.3. The summed E-state index contributed by atoms with van der Waals surface area (Å²) in [5.74, 6) is 0.183. The van der Waals surface area contributed by atoms with Crippen molar-refractivity contribution in [1.82, 2.24) is 44.4 Å². The van der Waals surface area contributed by atoms with Crippen LogP contribution in [0, 0.1) is 0 Å². The number of rotatable bonds is 15. The van der Waals surface area contributed by atoms with Gasteiger partial charge < -0.3 is 26.8 Å². The van der Waals surface area contributed by atoms with Crippen LogP contribution in [0.4, 0.5) is 11.6 Å². The smallest absolute Gasteiger partial charge is 0.300 e. The molecule has 18 nitrogen and oxygen atoms in total. The predicted octanol–water partition coefficient (Wildman–Crippen LogP) is 13.4. The average molecular weight is 1230 g/mol. The number of pyridine rings is 2. The summed E-state index contributed by atoms with van der Waals surface area (Å²) in [4.78, 5) is 86.8. The molecule has 0 radical (unpaired) electrons. The van der Waals surface area contributed by atoms with Gasteiger partial charge in [0.05, 0.1) is 33.9 Å². The van der Waals surface area contributed by atoms with Gasteiger partial charge in [-0.2, -0.15) is 0 Å². The van der Waals surface area contributed by atoms with Gasteiger partial charge in [0.25, 0.3) is 17.1 Å². The van der Waals surface area contributed by atoms with Crippen LogP contribution >= 0.6 is 34.3 Å². The number of halogens is 1. The molecule has 12 aromatic rings. The first kappa shape index (κ1) is 63.6. The standard InChI is InChI=1S/C32H26N6O2S.C29H24N6OS.C3H3ClO.C2H4O2.CH4/c1-3-27(39)33-17-21-9-7-10-22(15-21)25-14-8-11-23-16-26(38(32(40)28(23)25)24-12-5-4-6-13-24)20(2)37-30-29-31(35-18-34-30)41-19-36-29;1-18(34-27-26-28(32-16-31-27)37-17-33-26)24-14-21-9-6-12-23(20-8-5-7-19(13-20)15-30)25(21)29(36)35(24)22-10-3-2-4-11-22;1-2-3(4)5;1-2(3)4;/h3-16,18-20H,1,17H2,2H3,(H,33,39)(H,34,35,37);2-14,16-18H,15,30H2,1H3,(H,31,32,34);2H,1H2;1H3,(H,3,4);1H4/t20-;18-;;;/m00.../s1. The van der Waals surface area contributed by atoms with Crippen LogP contribution in [0.15, 0.2) is 216 Å². The zero-order chi connectivity index (χ0) is 61.6. The van der Waals surface area contributed by atoms with Gasteiger partial charge in [0, 0.05) is 42.8 Å². The number of benzene rings is 6. The van der Waals surface area contributed by atoms with Gasteiger partial charge in [0.2, 0.25) is 11.1 Å². The van der Waals surface area contributed by atoms with Crippen LogP contribution in [0.2, 0.25) is 0 Å². The summed E-state index contributed by atoms with van der Waals surface area (Å²) in [6.07, 6.45) is 5.34. The van der Waals surface area contributed by atoms with Crippen molar-refractivity contribution in [1.29, 1.82) is 0 Å². The first-order chi connectivity index (χ1) is 42.2. The lowest BCUT2D eigenvalue weighted by Gasteiger charge is -2.22. The van der Waals surface area contributed by atoms with Gasteiger partial charge in [-0.1, -0.05) is 130 Å². The number of carboxylic acid groups (broad SMARTS) is 1. The fraction of sp³-hybridized carbons (Fsp3) is 0.119. The maximum atomic E-state index is 14.4. The molecule has 0 saturated carbocycles. The van der Waals surface area contributed by atoms with Gasteiger partial charge in [-0.05, 0) is 130 Å². The van der Waals surface area contributed by atoms with E-state index in [4.69, 9.17) is 27.2 Å². The molecule has 88 heavy (non-hydrogen) atoms. The number of anilines is 2. The number of thiazole rings is 2. The van der Waals surface area contributed by atoms with Crippen molar-refractivity contribution in [3.05, 3.63) is 250 Å². The Labute approximate surface area is 519 Å². The Morgan fingerprint density at radius 3 is 1.44 bits per heavy atom. The number of hydrogen-bond acceptors (Lipinski definition) is 16. The van der Waals surface area contributed by atoms with Crippen molar-refractivity contribution in [3.63, 3.8) is 0 Å². The Kier molecular flexibility index (Phi) is 21.4. The van der Waals surface area contributed by atoms with Gasteiger partial charge in [0.15, 0.2) is 11.6 Å². The quantitative estimate of drug-likeness (QED) is 0.0472. The third-order valence-electron chi connectivity index (χ3n) is 13.6. The number of carbonyl (C=O) groups is 3. The SMILES string of the molecule is C.C=CC(=O)Cl.C=CC(=O)NCc1cccc(-c2cccc3cc([C@H](C)Nc4ncnc5scnc45)n(-c4ccccc4)c(=O)c23)c1.CC(=O)O.C[C@H](Nc1ncnc2scnc12)c1cc2cccc(-c3cccc(CN)c3)c2c(=O)n1-c1ccccc1. The molecule has 0 aliphatic rings. The number of carboxylic acids is 1. The lowest BCUT2D eigenvalue weighted by atomic mass is 9.96. The van der Waals surface area contributed by atoms with E-state index in [9.17, 15) is 19.2 Å². The molecule has 0 aliphatic carbocycles. The van der Waals surface area contributed by atoms with E-state index in [-0.39, 0.29) is 36.5 Å². The van der Waals surface area contributed by atoms with Gasteiger partial charge in [-0.15, -0.1) is 22.7 Å². The Hall–Kier alpha value is -10.4. The maximum absolute atomic E-state index is 14.4. The number of carbonyl (C=O) groups excluding carboxylic acids is 2. The Morgan fingerprint density at radius 2 is 1.02 bits per heavy atom. The average Bonchev–Trinajstić information content (AvgIpc) is 1.12. The van der Waals surface area contributed by atoms with Gasteiger partial charge >= 0.3 is 0 Å². The molecule has 12 rings (SSSR count). The van der Waals surface area contributed by atoms with Crippen LogP contribution < -0.4 is 32.8 Å². The van der Waals surface area contributed by atoms with E-state index in [0.717, 1.165) is 95.1 Å². The Morgan fingerprint density at radius 1 is 0.602 bits per heavy atom. The first-order valence-corrected chi connectivity index (χ1v) is 29.2. The molecule has 1 amide bonds. The van der Waals surface area contributed by atoms with E-state index in [1.54, 1.807) is 20.2 Å².